The molecule has 0 saturated carbocycles. The molecule has 0 spiro atoms. The van der Waals surface area contributed by atoms with Crippen LogP contribution in [0.4, 0.5) is 0 Å². The predicted molar refractivity (Wildman–Crippen MR) is 59.3 cm³/mol. The maximum atomic E-state index is 10.7. The lowest BCUT2D eigenvalue weighted by atomic mass is 10.2. The third-order valence-corrected chi connectivity index (χ3v) is 2.34. The predicted octanol–water partition coefficient (Wildman–Crippen LogP) is 0.828. The normalized spacial score (nSPS) is 15.7. The number of fused-ring (bicyclic) bond motifs is 1. The Kier molecular flexibility index (Phi) is 2.23. The molecule has 1 heterocycles. The van der Waals surface area contributed by atoms with Gasteiger partial charge in [-0.15, -0.1) is 0 Å². The average Bonchev–Trinajstić information content (AvgIpc) is 2.69. The molecule has 5 nitrogen and oxygen atoms in total. The van der Waals surface area contributed by atoms with E-state index in [9.17, 15) is 9.90 Å². The number of benzene rings is 1. The molecule has 0 fully saturated rings. The maximum absolute atomic E-state index is 10.7. The van der Waals surface area contributed by atoms with Crippen molar-refractivity contribution in [2.75, 3.05) is 0 Å². The van der Waals surface area contributed by atoms with Crippen molar-refractivity contribution in [1.82, 2.24) is 4.98 Å². The van der Waals surface area contributed by atoms with Gasteiger partial charge in [0.25, 0.3) is 0 Å². The van der Waals surface area contributed by atoms with Gasteiger partial charge >= 0.3 is 5.97 Å². The first-order chi connectivity index (χ1) is 8.00. The quantitative estimate of drug-likeness (QED) is 0.578. The number of aromatic amines is 1. The fraction of sp³-hybridized carbons (Fsp3) is 0.182. The first-order valence-corrected chi connectivity index (χ1v) is 4.71. The summed E-state index contributed by atoms with van der Waals surface area (Å²) in [6.07, 6.45) is 0.466. The summed E-state index contributed by atoms with van der Waals surface area (Å²) in [5.74, 6) is -1.16. The molecular formula is C11H12N2O3. The molecule has 5 heteroatoms. The summed E-state index contributed by atoms with van der Waals surface area (Å²) in [4.78, 5) is 13.6. The highest BCUT2D eigenvalue weighted by molar-refractivity contribution is 5.85. The van der Waals surface area contributed by atoms with Crippen molar-refractivity contribution in [3.63, 3.8) is 0 Å². The van der Waals surface area contributed by atoms with Gasteiger partial charge < -0.3 is 20.9 Å². The number of hydrogen-bond donors (Lipinski definition) is 4. The number of nitrogens with two attached hydrogens (primary N) is 1. The third kappa shape index (κ3) is 1.85. The number of phenolic OH excluding ortho intramolecular Hbond substituents is 1. The fourth-order valence-electron chi connectivity index (χ4n) is 1.53. The zero-order chi connectivity index (χ0) is 12.6. The van der Waals surface area contributed by atoms with E-state index in [1.165, 1.54) is 12.1 Å². The van der Waals surface area contributed by atoms with E-state index in [0.717, 1.165) is 5.52 Å². The van der Waals surface area contributed by atoms with Gasteiger partial charge in [0.05, 0.1) is 0 Å². The molecule has 1 aromatic heterocycles. The number of aromatic hydroxyl groups is 1. The van der Waals surface area contributed by atoms with Crippen molar-refractivity contribution in [3.8, 4) is 5.75 Å². The van der Waals surface area contributed by atoms with E-state index < -0.39 is 18.4 Å². The van der Waals surface area contributed by atoms with E-state index in [0.29, 0.717) is 10.9 Å². The standard InChI is InChI=1S/C11H12N2O3/c12-9(11(15)16)3-6-5-13-10-2-1-7(14)4-8(6)10/h1-2,4-5,9,13-14H,3,12H2,(H,15,16)/t9-/m0/s1/i3+1D/t3?,9-. The fourth-order valence-corrected chi connectivity index (χ4v) is 1.53. The lowest BCUT2D eigenvalue weighted by Gasteiger charge is -2.04. The average molecular weight is 222 g/mol. The van der Waals surface area contributed by atoms with Crippen molar-refractivity contribution in [1.29, 1.82) is 0 Å². The van der Waals surface area contributed by atoms with Gasteiger partial charge in [-0.3, -0.25) is 4.79 Å². The van der Waals surface area contributed by atoms with E-state index >= 15 is 0 Å². The molecule has 1 aromatic carbocycles. The Morgan fingerprint density at radius 3 is 3.06 bits per heavy atom. The summed E-state index contributed by atoms with van der Waals surface area (Å²) >= 11 is 0. The van der Waals surface area contributed by atoms with Crippen molar-refractivity contribution in [2.45, 2.75) is 12.4 Å². The Labute approximate surface area is 92.9 Å². The largest absolute Gasteiger partial charge is 0.508 e. The SMILES string of the molecule is [2H][13CH](c1c[nH]c2ccc(O)cc12)[C@H](N)C(=O)O. The first-order valence-electron chi connectivity index (χ1n) is 5.29. The van der Waals surface area contributed by atoms with E-state index in [-0.39, 0.29) is 5.75 Å². The van der Waals surface area contributed by atoms with E-state index in [2.05, 4.69) is 4.98 Å². The molecule has 0 radical (unpaired) electrons. The molecule has 2 atom stereocenters. The molecule has 0 amide bonds. The molecule has 0 aliphatic rings. The van der Waals surface area contributed by atoms with Crippen LogP contribution < -0.4 is 5.73 Å². The number of rotatable bonds is 3. The van der Waals surface area contributed by atoms with Crippen LogP contribution in [0.25, 0.3) is 10.9 Å². The molecular weight excluding hydrogens is 209 g/mol. The van der Waals surface area contributed by atoms with Gasteiger partial charge in [0.1, 0.15) is 11.8 Å². The Morgan fingerprint density at radius 1 is 1.62 bits per heavy atom. The van der Waals surface area contributed by atoms with Gasteiger partial charge in [0, 0.05) is 24.9 Å². The van der Waals surface area contributed by atoms with E-state index in [1.807, 2.05) is 0 Å². The number of nitrogens with one attached hydrogen (secondary N) is 1. The van der Waals surface area contributed by atoms with Crippen LogP contribution in [0.1, 0.15) is 6.93 Å². The Bertz CT molecular complexity index is 567. The molecule has 0 aliphatic carbocycles. The second kappa shape index (κ2) is 3.86. The van der Waals surface area contributed by atoms with Gasteiger partial charge in [-0.2, -0.15) is 0 Å². The van der Waals surface area contributed by atoms with Crippen LogP contribution in [-0.4, -0.2) is 27.2 Å². The highest BCUT2D eigenvalue weighted by Gasteiger charge is 2.14. The molecule has 84 valence electrons. The molecule has 0 saturated heterocycles. The van der Waals surface area contributed by atoms with Crippen LogP contribution in [0.15, 0.2) is 24.4 Å². The van der Waals surface area contributed by atoms with Crippen LogP contribution in [-0.2, 0) is 11.2 Å². The van der Waals surface area contributed by atoms with E-state index in [1.54, 1.807) is 12.3 Å². The van der Waals surface area contributed by atoms with E-state index in [4.69, 9.17) is 12.2 Å². The van der Waals surface area contributed by atoms with Crippen LogP contribution in [0.5, 0.6) is 5.75 Å². The number of aromatic nitrogens is 1. The zero-order valence-corrected chi connectivity index (χ0v) is 8.34. The third-order valence-electron chi connectivity index (χ3n) is 2.34. The van der Waals surface area contributed by atoms with Gasteiger partial charge in [-0.05, 0) is 23.8 Å². The summed E-state index contributed by atoms with van der Waals surface area (Å²) in [6.45, 7) is 0. The zero-order valence-electron chi connectivity index (χ0n) is 9.34. The molecule has 2 rings (SSSR count). The van der Waals surface area contributed by atoms with Crippen LogP contribution in [0.2, 0.25) is 0 Å². The van der Waals surface area contributed by atoms with Crippen molar-refractivity contribution >= 4 is 16.9 Å². The molecule has 0 aliphatic heterocycles. The summed E-state index contributed by atoms with van der Waals surface area (Å²) in [6, 6.07) is 3.36. The lowest BCUT2D eigenvalue weighted by molar-refractivity contribution is -0.138. The summed E-state index contributed by atoms with van der Waals surface area (Å²) < 4.78 is 7.81. The van der Waals surface area contributed by atoms with Crippen LogP contribution in [0.3, 0.4) is 0 Å². The van der Waals surface area contributed by atoms with Crippen molar-refractivity contribution in [2.24, 2.45) is 5.73 Å². The smallest absolute Gasteiger partial charge is 0.320 e. The molecule has 5 N–H and O–H groups in total. The lowest BCUT2D eigenvalue weighted by Crippen LogP contribution is -2.32. The van der Waals surface area contributed by atoms with Gasteiger partial charge in [-0.25, -0.2) is 0 Å². The number of carbonyl (C=O) groups is 1. The number of phenols is 1. The number of aliphatic carboxylic acids is 1. The Balaban J connectivity index is 2.48. The molecule has 0 bridgehead atoms. The minimum Gasteiger partial charge on any atom is -0.508 e. The van der Waals surface area contributed by atoms with Gasteiger partial charge in [0.2, 0.25) is 0 Å². The minimum atomic E-state index is -1.30. The van der Waals surface area contributed by atoms with Crippen LogP contribution in [0, 0.1) is 0 Å². The second-order valence-electron chi connectivity index (χ2n) is 3.50. The molecule has 1 unspecified atom stereocenters. The maximum Gasteiger partial charge on any atom is 0.320 e. The van der Waals surface area contributed by atoms with Gasteiger partial charge in [-0.1, -0.05) is 0 Å². The highest BCUT2D eigenvalue weighted by atomic mass is 16.4. The highest BCUT2D eigenvalue weighted by Crippen LogP contribution is 2.23. The van der Waals surface area contributed by atoms with Gasteiger partial charge in [0.15, 0.2) is 0 Å². The van der Waals surface area contributed by atoms with Crippen molar-refractivity contribution < 1.29 is 16.4 Å². The monoisotopic (exact) mass is 222 g/mol. The first kappa shape index (κ1) is 9.23. The minimum absolute atomic E-state index is 0.0643. The molecule has 2 aromatic rings. The molecule has 16 heavy (non-hydrogen) atoms. The summed E-state index contributed by atoms with van der Waals surface area (Å²) in [5.41, 5.74) is 6.61. The Morgan fingerprint density at radius 2 is 2.38 bits per heavy atom. The number of hydrogen-bond acceptors (Lipinski definition) is 3. The van der Waals surface area contributed by atoms with Crippen molar-refractivity contribution in [3.05, 3.63) is 30.0 Å². The van der Waals surface area contributed by atoms with Crippen LogP contribution >= 0.6 is 0 Å². The Hall–Kier alpha value is -2.01. The summed E-state index contributed by atoms with van der Waals surface area (Å²) in [5, 5.41) is 18.8. The topological polar surface area (TPSA) is 99.3 Å². The number of carboxylic acids is 1. The summed E-state index contributed by atoms with van der Waals surface area (Å²) in [7, 11) is 0. The number of carboxylic acid groups (broad SMARTS) is 1. The number of H-pyrrole nitrogens is 1. The second-order valence-corrected chi connectivity index (χ2v) is 3.50.